The van der Waals surface area contributed by atoms with Crippen LogP contribution in [-0.4, -0.2) is 22.7 Å². The first-order valence-electron chi connectivity index (χ1n) is 8.48. The topological polar surface area (TPSA) is 101 Å². The van der Waals surface area contributed by atoms with Crippen LogP contribution in [0.3, 0.4) is 0 Å². The van der Waals surface area contributed by atoms with Crippen LogP contribution in [0, 0.1) is 11.3 Å². The van der Waals surface area contributed by atoms with E-state index in [9.17, 15) is 4.79 Å². The molecule has 0 aliphatic carbocycles. The molecule has 0 aliphatic heterocycles. The zero-order valence-electron chi connectivity index (χ0n) is 14.8. The highest BCUT2D eigenvalue weighted by Crippen LogP contribution is 2.21. The number of amides is 1. The molecule has 1 aromatic heterocycles. The van der Waals surface area contributed by atoms with Crippen LogP contribution >= 0.6 is 0 Å². The lowest BCUT2D eigenvalue weighted by Crippen LogP contribution is -2.30. The smallest absolute Gasteiger partial charge is 0.265 e. The Balaban J connectivity index is 1.70. The predicted molar refractivity (Wildman–Crippen MR) is 97.1 cm³/mol. The van der Waals surface area contributed by atoms with Gasteiger partial charge in [0.2, 0.25) is 11.9 Å². The van der Waals surface area contributed by atoms with Crippen molar-refractivity contribution >= 4 is 5.91 Å². The molecule has 0 bridgehead atoms. The summed E-state index contributed by atoms with van der Waals surface area (Å²) in [7, 11) is 0. The van der Waals surface area contributed by atoms with Crippen molar-refractivity contribution in [1.29, 1.82) is 5.26 Å². The van der Waals surface area contributed by atoms with Gasteiger partial charge in [0.25, 0.3) is 11.8 Å². The summed E-state index contributed by atoms with van der Waals surface area (Å²) < 4.78 is 10.8. The highest BCUT2D eigenvalue weighted by Gasteiger charge is 2.27. The first kappa shape index (κ1) is 18.3. The molecular formula is C20H18N4O3. The van der Waals surface area contributed by atoms with Crippen LogP contribution in [0.2, 0.25) is 0 Å². The molecule has 3 rings (SSSR count). The number of nitrogens with one attached hydrogen (secondary N) is 1. The second-order valence-corrected chi connectivity index (χ2v) is 5.68. The van der Waals surface area contributed by atoms with Gasteiger partial charge >= 0.3 is 0 Å². The predicted octanol–water partition coefficient (Wildman–Crippen LogP) is 3.00. The summed E-state index contributed by atoms with van der Waals surface area (Å²) in [6.45, 7) is 2.40. The molecule has 1 heterocycles. The summed E-state index contributed by atoms with van der Waals surface area (Å²) in [5, 5.41) is 15.6. The second-order valence-electron chi connectivity index (χ2n) is 5.68. The van der Waals surface area contributed by atoms with Gasteiger partial charge in [-0.3, -0.25) is 4.79 Å². The van der Waals surface area contributed by atoms with Gasteiger partial charge in [-0.05, 0) is 24.6 Å². The van der Waals surface area contributed by atoms with Crippen molar-refractivity contribution < 1.29 is 14.1 Å². The molecule has 0 radical (unpaired) electrons. The van der Waals surface area contributed by atoms with Crippen LogP contribution in [0.1, 0.15) is 30.0 Å². The minimum atomic E-state index is -0.988. The van der Waals surface area contributed by atoms with Crippen molar-refractivity contribution in [2.75, 3.05) is 6.61 Å². The standard InChI is InChI=1S/C20H18N4O3/c1-2-26-17(19(25)22-13-15-10-8-14(12-21)9-11-15)20-23-18(24-27-20)16-6-4-3-5-7-16/h3-11,17H,2,13H2,1H3,(H,22,25). The molecule has 2 aromatic carbocycles. The zero-order chi connectivity index (χ0) is 19.1. The summed E-state index contributed by atoms with van der Waals surface area (Å²) in [6.07, 6.45) is -0.988. The van der Waals surface area contributed by atoms with E-state index < -0.39 is 6.10 Å². The fourth-order valence-electron chi connectivity index (χ4n) is 2.45. The number of carbonyl (C=O) groups excluding carboxylic acids is 1. The van der Waals surface area contributed by atoms with E-state index in [2.05, 4.69) is 21.5 Å². The van der Waals surface area contributed by atoms with Crippen molar-refractivity contribution in [2.45, 2.75) is 19.6 Å². The van der Waals surface area contributed by atoms with Gasteiger partial charge in [-0.2, -0.15) is 10.2 Å². The Morgan fingerprint density at radius 2 is 1.96 bits per heavy atom. The Hall–Kier alpha value is -3.50. The number of nitrogens with zero attached hydrogens (tertiary/aromatic N) is 3. The monoisotopic (exact) mass is 362 g/mol. The van der Waals surface area contributed by atoms with E-state index in [0.29, 0.717) is 24.5 Å². The van der Waals surface area contributed by atoms with Crippen LogP contribution < -0.4 is 5.32 Å². The molecule has 3 aromatic rings. The van der Waals surface area contributed by atoms with Gasteiger partial charge in [0.1, 0.15) is 0 Å². The largest absolute Gasteiger partial charge is 0.359 e. The first-order valence-corrected chi connectivity index (χ1v) is 8.48. The maximum Gasteiger partial charge on any atom is 0.265 e. The van der Waals surface area contributed by atoms with Gasteiger partial charge in [0.05, 0.1) is 11.6 Å². The molecule has 1 unspecified atom stereocenters. The molecule has 1 atom stereocenters. The molecule has 136 valence electrons. The normalized spacial score (nSPS) is 11.6. The van der Waals surface area contributed by atoms with E-state index in [1.54, 1.807) is 31.2 Å². The summed E-state index contributed by atoms with van der Waals surface area (Å²) in [5.74, 6) is 0.132. The van der Waals surface area contributed by atoms with Crippen molar-refractivity contribution in [3.8, 4) is 17.5 Å². The summed E-state index contributed by atoms with van der Waals surface area (Å²) in [4.78, 5) is 16.9. The number of aromatic nitrogens is 2. The Morgan fingerprint density at radius 3 is 2.63 bits per heavy atom. The number of hydrogen-bond acceptors (Lipinski definition) is 6. The third-order valence-electron chi connectivity index (χ3n) is 3.82. The van der Waals surface area contributed by atoms with Crippen LogP contribution in [0.4, 0.5) is 0 Å². The molecule has 1 amide bonds. The summed E-state index contributed by atoms with van der Waals surface area (Å²) >= 11 is 0. The van der Waals surface area contributed by atoms with Crippen molar-refractivity contribution in [3.63, 3.8) is 0 Å². The van der Waals surface area contributed by atoms with E-state index in [1.807, 2.05) is 30.3 Å². The molecule has 0 fully saturated rings. The van der Waals surface area contributed by atoms with E-state index in [1.165, 1.54) is 0 Å². The SMILES string of the molecule is CCOC(C(=O)NCc1ccc(C#N)cc1)c1nc(-c2ccccc2)no1. The lowest BCUT2D eigenvalue weighted by molar-refractivity contribution is -0.134. The molecule has 27 heavy (non-hydrogen) atoms. The molecule has 1 N–H and O–H groups in total. The third kappa shape index (κ3) is 4.57. The molecule has 7 nitrogen and oxygen atoms in total. The lowest BCUT2D eigenvalue weighted by atomic mass is 10.1. The van der Waals surface area contributed by atoms with E-state index >= 15 is 0 Å². The minimum absolute atomic E-state index is 0.105. The van der Waals surface area contributed by atoms with E-state index in [-0.39, 0.29) is 11.8 Å². The average molecular weight is 362 g/mol. The van der Waals surface area contributed by atoms with Crippen molar-refractivity contribution in [1.82, 2.24) is 15.5 Å². The van der Waals surface area contributed by atoms with Gasteiger partial charge in [0.15, 0.2) is 0 Å². The molecule has 0 aliphatic rings. The van der Waals surface area contributed by atoms with Gasteiger partial charge in [0, 0.05) is 18.7 Å². The quantitative estimate of drug-likeness (QED) is 0.693. The number of nitriles is 1. The lowest BCUT2D eigenvalue weighted by Gasteiger charge is -2.13. The van der Waals surface area contributed by atoms with Crippen molar-refractivity contribution in [3.05, 3.63) is 71.6 Å². The Kier molecular flexibility index (Phi) is 5.92. The van der Waals surface area contributed by atoms with Crippen LogP contribution in [0.25, 0.3) is 11.4 Å². The number of carbonyl (C=O) groups is 1. The van der Waals surface area contributed by atoms with Gasteiger partial charge in [-0.25, -0.2) is 0 Å². The van der Waals surface area contributed by atoms with Crippen molar-refractivity contribution in [2.24, 2.45) is 0 Å². The Bertz CT molecular complexity index is 930. The average Bonchev–Trinajstić information content (AvgIpc) is 3.21. The van der Waals surface area contributed by atoms with Gasteiger partial charge < -0.3 is 14.6 Å². The number of rotatable bonds is 7. The second kappa shape index (κ2) is 8.74. The fraction of sp³-hybridized carbons (Fsp3) is 0.200. The fourth-order valence-corrected chi connectivity index (χ4v) is 2.45. The molecule has 0 spiro atoms. The van der Waals surface area contributed by atoms with E-state index in [4.69, 9.17) is 14.5 Å². The molecule has 0 saturated heterocycles. The Morgan fingerprint density at radius 1 is 1.22 bits per heavy atom. The highest BCUT2D eigenvalue weighted by atomic mass is 16.5. The van der Waals surface area contributed by atoms with Gasteiger partial charge in [-0.1, -0.05) is 47.6 Å². The number of benzene rings is 2. The van der Waals surface area contributed by atoms with Crippen LogP contribution in [0.15, 0.2) is 59.1 Å². The summed E-state index contributed by atoms with van der Waals surface area (Å²) in [6, 6.07) is 18.4. The van der Waals surface area contributed by atoms with Crippen LogP contribution in [0.5, 0.6) is 0 Å². The maximum absolute atomic E-state index is 12.6. The Labute approximate surface area is 156 Å². The molecule has 7 heteroatoms. The number of ether oxygens (including phenoxy) is 1. The molecular weight excluding hydrogens is 344 g/mol. The maximum atomic E-state index is 12.6. The van der Waals surface area contributed by atoms with E-state index in [0.717, 1.165) is 11.1 Å². The zero-order valence-corrected chi connectivity index (χ0v) is 14.8. The minimum Gasteiger partial charge on any atom is -0.359 e. The number of hydrogen-bond donors (Lipinski definition) is 1. The first-order chi connectivity index (χ1) is 13.2. The van der Waals surface area contributed by atoms with Crippen LogP contribution in [-0.2, 0) is 16.1 Å². The third-order valence-corrected chi connectivity index (χ3v) is 3.82. The van der Waals surface area contributed by atoms with Gasteiger partial charge in [-0.15, -0.1) is 0 Å². The highest BCUT2D eigenvalue weighted by molar-refractivity contribution is 5.81. The molecule has 0 saturated carbocycles. The summed E-state index contributed by atoms with van der Waals surface area (Å²) in [5.41, 5.74) is 2.23.